The van der Waals surface area contributed by atoms with Crippen molar-refractivity contribution < 1.29 is 9.53 Å². The van der Waals surface area contributed by atoms with Gasteiger partial charge < -0.3 is 9.64 Å². The molecule has 0 bridgehead atoms. The van der Waals surface area contributed by atoms with Crippen LogP contribution in [0.1, 0.15) is 24.4 Å². The Balaban J connectivity index is 1.48. The summed E-state index contributed by atoms with van der Waals surface area (Å²) in [5.74, 6) is 1.76. The first-order valence-electron chi connectivity index (χ1n) is 8.86. The molecule has 4 rings (SSSR count). The Morgan fingerprint density at radius 1 is 1.09 bits per heavy atom. The van der Waals surface area contributed by atoms with Gasteiger partial charge in [-0.05, 0) is 31.4 Å². The summed E-state index contributed by atoms with van der Waals surface area (Å²) < 4.78 is 5.40. The number of benzene rings is 1. The van der Waals surface area contributed by atoms with Crippen molar-refractivity contribution in [2.45, 2.75) is 18.9 Å². The second-order valence-corrected chi connectivity index (χ2v) is 7.35. The largest absolute Gasteiger partial charge is 0.381 e. The Kier molecular flexibility index (Phi) is 4.12. The zero-order valence-electron chi connectivity index (χ0n) is 13.9. The minimum Gasteiger partial charge on any atom is -0.381 e. The van der Waals surface area contributed by atoms with Crippen molar-refractivity contribution in [1.29, 1.82) is 0 Å². The van der Waals surface area contributed by atoms with Crippen molar-refractivity contribution in [2.24, 2.45) is 17.8 Å². The van der Waals surface area contributed by atoms with Gasteiger partial charge in [-0.25, -0.2) is 0 Å². The fourth-order valence-corrected chi connectivity index (χ4v) is 4.79. The Labute approximate surface area is 138 Å². The highest BCUT2D eigenvalue weighted by atomic mass is 16.5. The van der Waals surface area contributed by atoms with Crippen LogP contribution in [0.4, 0.5) is 0 Å². The molecule has 0 saturated carbocycles. The number of carbonyl (C=O) groups excluding carboxylic acids is 1. The third kappa shape index (κ3) is 2.79. The van der Waals surface area contributed by atoms with Crippen LogP contribution in [-0.2, 0) is 9.53 Å². The van der Waals surface area contributed by atoms with Gasteiger partial charge in [0.1, 0.15) is 0 Å². The predicted molar refractivity (Wildman–Crippen MR) is 88.9 cm³/mol. The van der Waals surface area contributed by atoms with Gasteiger partial charge in [0, 0.05) is 50.7 Å². The summed E-state index contributed by atoms with van der Waals surface area (Å²) in [6, 6.07) is 11.2. The number of fused-ring (bicyclic) bond motifs is 1. The number of hydrogen-bond donors (Lipinski definition) is 0. The summed E-state index contributed by atoms with van der Waals surface area (Å²) in [6.45, 7) is 4.44. The molecule has 0 unspecified atom stereocenters. The van der Waals surface area contributed by atoms with E-state index < -0.39 is 0 Å². The predicted octanol–water partition coefficient (Wildman–Crippen LogP) is 2.17. The quantitative estimate of drug-likeness (QED) is 0.839. The molecule has 3 atom stereocenters. The van der Waals surface area contributed by atoms with Crippen molar-refractivity contribution in [3.8, 4) is 0 Å². The molecule has 1 aromatic carbocycles. The summed E-state index contributed by atoms with van der Waals surface area (Å²) in [5.41, 5.74) is 1.39. The van der Waals surface area contributed by atoms with E-state index in [2.05, 4.69) is 47.2 Å². The van der Waals surface area contributed by atoms with Gasteiger partial charge in [-0.2, -0.15) is 0 Å². The highest BCUT2D eigenvalue weighted by molar-refractivity contribution is 5.79. The average Bonchev–Trinajstić information content (AvgIpc) is 3.12. The fraction of sp³-hybridized carbons (Fsp3) is 0.632. The zero-order chi connectivity index (χ0) is 15.8. The van der Waals surface area contributed by atoms with E-state index in [-0.39, 0.29) is 5.92 Å². The lowest BCUT2D eigenvalue weighted by Gasteiger charge is -2.29. The van der Waals surface area contributed by atoms with Crippen LogP contribution in [0.2, 0.25) is 0 Å². The number of nitrogens with zero attached hydrogens (tertiary/aromatic N) is 2. The molecule has 4 nitrogen and oxygen atoms in total. The van der Waals surface area contributed by atoms with Gasteiger partial charge in [-0.15, -0.1) is 0 Å². The molecular formula is C19H26N2O2. The molecule has 23 heavy (non-hydrogen) atoms. The number of amides is 1. The fourth-order valence-electron chi connectivity index (χ4n) is 4.79. The molecule has 3 heterocycles. The number of ether oxygens (including phenoxy) is 1. The molecule has 3 aliphatic rings. The smallest absolute Gasteiger partial charge is 0.225 e. The maximum absolute atomic E-state index is 12.8. The second-order valence-electron chi connectivity index (χ2n) is 7.35. The van der Waals surface area contributed by atoms with Crippen molar-refractivity contribution in [1.82, 2.24) is 9.80 Å². The van der Waals surface area contributed by atoms with Crippen molar-refractivity contribution >= 4 is 5.91 Å². The van der Waals surface area contributed by atoms with E-state index >= 15 is 0 Å². The van der Waals surface area contributed by atoms with Gasteiger partial charge in [0.15, 0.2) is 0 Å². The third-order valence-corrected chi connectivity index (χ3v) is 5.92. The molecule has 3 saturated heterocycles. The van der Waals surface area contributed by atoms with E-state index in [0.717, 1.165) is 45.7 Å². The summed E-state index contributed by atoms with van der Waals surface area (Å²) >= 11 is 0. The molecule has 0 N–H and O–H groups in total. The number of rotatable bonds is 2. The zero-order valence-corrected chi connectivity index (χ0v) is 13.9. The Bertz CT molecular complexity index is 556. The monoisotopic (exact) mass is 314 g/mol. The van der Waals surface area contributed by atoms with Crippen LogP contribution in [0.15, 0.2) is 30.3 Å². The molecule has 0 spiro atoms. The Morgan fingerprint density at radius 3 is 2.57 bits per heavy atom. The Morgan fingerprint density at radius 2 is 1.83 bits per heavy atom. The summed E-state index contributed by atoms with van der Waals surface area (Å²) in [5, 5.41) is 0. The van der Waals surface area contributed by atoms with Crippen LogP contribution in [0, 0.1) is 17.8 Å². The van der Waals surface area contributed by atoms with Gasteiger partial charge in [-0.3, -0.25) is 9.69 Å². The molecule has 0 radical (unpaired) electrons. The first-order chi connectivity index (χ1) is 11.2. The highest BCUT2D eigenvalue weighted by Crippen LogP contribution is 2.44. The third-order valence-electron chi connectivity index (χ3n) is 5.92. The number of carbonyl (C=O) groups is 1. The molecular weight excluding hydrogens is 288 g/mol. The van der Waals surface area contributed by atoms with Gasteiger partial charge in [-0.1, -0.05) is 30.3 Å². The van der Waals surface area contributed by atoms with Gasteiger partial charge >= 0.3 is 0 Å². The van der Waals surface area contributed by atoms with E-state index in [1.54, 1.807) is 0 Å². The highest BCUT2D eigenvalue weighted by Gasteiger charge is 2.47. The molecule has 3 fully saturated rings. The number of likely N-dealkylation sites (tertiary alicyclic amines) is 2. The first-order valence-corrected chi connectivity index (χ1v) is 8.86. The topological polar surface area (TPSA) is 32.8 Å². The molecule has 1 aromatic rings. The normalized spacial score (nSPS) is 32.2. The minimum absolute atomic E-state index is 0.190. The van der Waals surface area contributed by atoms with Crippen molar-refractivity contribution in [3.63, 3.8) is 0 Å². The molecule has 3 aliphatic heterocycles. The minimum atomic E-state index is 0.190. The molecule has 1 amide bonds. The molecule has 0 aromatic heterocycles. The molecule has 4 heteroatoms. The lowest BCUT2D eigenvalue weighted by molar-refractivity contribution is -0.137. The van der Waals surface area contributed by atoms with Crippen LogP contribution in [0.25, 0.3) is 0 Å². The lowest BCUT2D eigenvalue weighted by Crippen LogP contribution is -2.39. The van der Waals surface area contributed by atoms with Crippen LogP contribution in [-0.4, -0.2) is 55.6 Å². The standard InChI is InChI=1S/C19H26N2O2/c1-20-11-16-12-21(19(22)15-7-9-23-10-8-15)13-17(16)18(20)14-5-3-2-4-6-14/h2-6,15-18H,7-13H2,1H3/t16-,17+,18-/m0/s1. The van der Waals surface area contributed by atoms with Crippen LogP contribution in [0.3, 0.4) is 0 Å². The van der Waals surface area contributed by atoms with Crippen molar-refractivity contribution in [3.05, 3.63) is 35.9 Å². The SMILES string of the molecule is CN1C[C@H]2CN(C(=O)C3CCOCC3)C[C@H]2[C@@H]1c1ccccc1. The lowest BCUT2D eigenvalue weighted by atomic mass is 9.90. The van der Waals surface area contributed by atoms with E-state index in [1.807, 2.05) is 0 Å². The summed E-state index contributed by atoms with van der Waals surface area (Å²) in [4.78, 5) is 17.4. The second kappa shape index (κ2) is 6.25. The molecule has 124 valence electrons. The van der Waals surface area contributed by atoms with E-state index in [4.69, 9.17) is 4.74 Å². The van der Waals surface area contributed by atoms with E-state index in [1.165, 1.54) is 5.56 Å². The van der Waals surface area contributed by atoms with Crippen LogP contribution < -0.4 is 0 Å². The van der Waals surface area contributed by atoms with Crippen molar-refractivity contribution in [2.75, 3.05) is 39.9 Å². The maximum atomic E-state index is 12.8. The van der Waals surface area contributed by atoms with E-state index in [9.17, 15) is 4.79 Å². The number of hydrogen-bond acceptors (Lipinski definition) is 3. The van der Waals surface area contributed by atoms with Gasteiger partial charge in [0.25, 0.3) is 0 Å². The summed E-state index contributed by atoms with van der Waals surface area (Å²) in [6.07, 6.45) is 1.79. The molecule has 0 aliphatic carbocycles. The van der Waals surface area contributed by atoms with E-state index in [0.29, 0.717) is 23.8 Å². The Hall–Kier alpha value is -1.39. The van der Waals surface area contributed by atoms with Gasteiger partial charge in [0.05, 0.1) is 0 Å². The van der Waals surface area contributed by atoms with Gasteiger partial charge in [0.2, 0.25) is 5.91 Å². The maximum Gasteiger partial charge on any atom is 0.225 e. The van der Waals surface area contributed by atoms with Crippen LogP contribution >= 0.6 is 0 Å². The summed E-state index contributed by atoms with van der Waals surface area (Å²) in [7, 11) is 2.22. The van der Waals surface area contributed by atoms with Crippen LogP contribution in [0.5, 0.6) is 0 Å². The average molecular weight is 314 g/mol. The first kappa shape index (κ1) is 15.2.